The Bertz CT molecular complexity index is 941. The van der Waals surface area contributed by atoms with Crippen LogP contribution >= 0.6 is 11.8 Å². The summed E-state index contributed by atoms with van der Waals surface area (Å²) in [6, 6.07) is 13.2. The van der Waals surface area contributed by atoms with E-state index < -0.39 is 5.25 Å². The van der Waals surface area contributed by atoms with Crippen LogP contribution in [0.15, 0.2) is 47.5 Å². The van der Waals surface area contributed by atoms with Gasteiger partial charge in [-0.05, 0) is 56.7 Å². The second-order valence-corrected chi connectivity index (χ2v) is 8.07. The van der Waals surface area contributed by atoms with Crippen molar-refractivity contribution >= 4 is 40.1 Å². The molecule has 0 saturated carbocycles. The summed E-state index contributed by atoms with van der Waals surface area (Å²) in [6.07, 6.45) is 0.101. The molecule has 1 aliphatic heterocycles. The lowest BCUT2D eigenvalue weighted by molar-refractivity contribution is -0.127. The number of nitrogens with zero attached hydrogens (tertiary/aromatic N) is 2. The molecule has 0 unspecified atom stereocenters. The number of aliphatic imine (C=N–C) groups is 1. The SMILES string of the molecule is CCOc1ccc(N=C2S[C@@H](CC(=O)Nc3ccc(C)cc3C)C(=O)N2C)cc1. The lowest BCUT2D eigenvalue weighted by Crippen LogP contribution is -2.30. The van der Waals surface area contributed by atoms with Gasteiger partial charge in [0, 0.05) is 19.2 Å². The number of nitrogens with one attached hydrogen (secondary N) is 1. The normalized spacial score (nSPS) is 17.7. The highest BCUT2D eigenvalue weighted by molar-refractivity contribution is 8.15. The molecule has 6 nitrogen and oxygen atoms in total. The van der Waals surface area contributed by atoms with Crippen molar-refractivity contribution in [2.75, 3.05) is 19.0 Å². The molecule has 152 valence electrons. The van der Waals surface area contributed by atoms with Crippen molar-refractivity contribution in [3.8, 4) is 5.75 Å². The summed E-state index contributed by atoms with van der Waals surface area (Å²) in [7, 11) is 1.69. The standard InChI is InChI=1S/C22H25N3O3S/c1-5-28-17-9-7-16(8-10-17)23-22-25(4)21(27)19(29-22)13-20(26)24-18-11-6-14(2)12-15(18)3/h6-12,19H,5,13H2,1-4H3,(H,24,26)/t19-/m0/s1. The van der Waals surface area contributed by atoms with Gasteiger partial charge in [0.05, 0.1) is 12.3 Å². The van der Waals surface area contributed by atoms with Gasteiger partial charge in [-0.3, -0.25) is 14.5 Å². The molecule has 3 rings (SSSR count). The van der Waals surface area contributed by atoms with E-state index in [1.807, 2.05) is 63.2 Å². The number of hydrogen-bond donors (Lipinski definition) is 1. The molecule has 29 heavy (non-hydrogen) atoms. The van der Waals surface area contributed by atoms with Crippen LogP contribution in [0.4, 0.5) is 11.4 Å². The van der Waals surface area contributed by atoms with Crippen LogP contribution in [0.5, 0.6) is 5.75 Å². The van der Waals surface area contributed by atoms with Crippen LogP contribution < -0.4 is 10.1 Å². The predicted octanol–water partition coefficient (Wildman–Crippen LogP) is 4.29. The Kier molecular flexibility index (Phi) is 6.59. The summed E-state index contributed by atoms with van der Waals surface area (Å²) in [5.74, 6) is 0.481. The Morgan fingerprint density at radius 3 is 2.59 bits per heavy atom. The van der Waals surface area contributed by atoms with Crippen molar-refractivity contribution in [2.24, 2.45) is 4.99 Å². The fourth-order valence-corrected chi connectivity index (χ4v) is 4.17. The summed E-state index contributed by atoms with van der Waals surface area (Å²) in [5.41, 5.74) is 3.64. The zero-order valence-electron chi connectivity index (χ0n) is 17.1. The van der Waals surface area contributed by atoms with E-state index in [1.165, 1.54) is 16.7 Å². The fourth-order valence-electron chi connectivity index (χ4n) is 3.01. The van der Waals surface area contributed by atoms with Gasteiger partial charge in [0.25, 0.3) is 0 Å². The van der Waals surface area contributed by atoms with Crippen molar-refractivity contribution in [1.29, 1.82) is 0 Å². The molecule has 2 aromatic rings. The third kappa shape index (κ3) is 5.17. The molecular weight excluding hydrogens is 386 g/mol. The second-order valence-electron chi connectivity index (χ2n) is 6.90. The molecule has 0 aliphatic carbocycles. The van der Waals surface area contributed by atoms with Crippen LogP contribution in [0.25, 0.3) is 0 Å². The number of aryl methyl sites for hydroxylation is 2. The minimum absolute atomic E-state index is 0.101. The van der Waals surface area contributed by atoms with Gasteiger partial charge in [-0.25, -0.2) is 4.99 Å². The fraction of sp³-hybridized carbons (Fsp3) is 0.318. The minimum Gasteiger partial charge on any atom is -0.494 e. The number of hydrogen-bond acceptors (Lipinski definition) is 5. The zero-order chi connectivity index (χ0) is 21.0. The molecule has 0 aromatic heterocycles. The van der Waals surface area contributed by atoms with Crippen molar-refractivity contribution in [3.05, 3.63) is 53.6 Å². The first-order chi connectivity index (χ1) is 13.9. The van der Waals surface area contributed by atoms with E-state index >= 15 is 0 Å². The number of amidine groups is 1. The molecule has 1 saturated heterocycles. The first-order valence-corrected chi connectivity index (χ1v) is 10.4. The average Bonchev–Trinajstić information content (AvgIpc) is 2.94. The molecule has 1 atom stereocenters. The Morgan fingerprint density at radius 1 is 1.21 bits per heavy atom. The molecule has 0 radical (unpaired) electrons. The van der Waals surface area contributed by atoms with Crippen LogP contribution in [0.1, 0.15) is 24.5 Å². The highest BCUT2D eigenvalue weighted by Gasteiger charge is 2.37. The van der Waals surface area contributed by atoms with Crippen molar-refractivity contribution in [2.45, 2.75) is 32.4 Å². The van der Waals surface area contributed by atoms with E-state index in [4.69, 9.17) is 4.74 Å². The number of ether oxygens (including phenoxy) is 1. The lowest BCUT2D eigenvalue weighted by atomic mass is 10.1. The second kappa shape index (κ2) is 9.13. The maximum atomic E-state index is 12.6. The van der Waals surface area contributed by atoms with E-state index in [9.17, 15) is 9.59 Å². The third-order valence-corrected chi connectivity index (χ3v) is 5.77. The number of amides is 2. The Labute approximate surface area is 175 Å². The monoisotopic (exact) mass is 411 g/mol. The number of thioether (sulfide) groups is 1. The molecule has 1 N–H and O–H groups in total. The molecule has 1 aliphatic rings. The average molecular weight is 412 g/mol. The van der Waals surface area contributed by atoms with E-state index in [-0.39, 0.29) is 18.2 Å². The number of carbonyl (C=O) groups excluding carboxylic acids is 2. The van der Waals surface area contributed by atoms with Crippen molar-refractivity contribution in [1.82, 2.24) is 4.90 Å². The summed E-state index contributed by atoms with van der Waals surface area (Å²) >= 11 is 1.32. The molecular formula is C22H25N3O3S. The van der Waals surface area contributed by atoms with Gasteiger partial charge in [-0.15, -0.1) is 0 Å². The molecule has 1 fully saturated rings. The Balaban J connectivity index is 1.65. The zero-order valence-corrected chi connectivity index (χ0v) is 17.9. The number of rotatable bonds is 6. The quantitative estimate of drug-likeness (QED) is 0.770. The topological polar surface area (TPSA) is 71.0 Å². The highest BCUT2D eigenvalue weighted by atomic mass is 32.2. The molecule has 0 spiro atoms. The van der Waals surface area contributed by atoms with Gasteiger partial charge in [-0.2, -0.15) is 0 Å². The molecule has 7 heteroatoms. The first kappa shape index (κ1) is 20.9. The number of carbonyl (C=O) groups is 2. The third-order valence-electron chi connectivity index (χ3n) is 4.54. The van der Waals surface area contributed by atoms with Gasteiger partial charge in [0.15, 0.2) is 5.17 Å². The van der Waals surface area contributed by atoms with Crippen LogP contribution in [0.3, 0.4) is 0 Å². The van der Waals surface area contributed by atoms with Crippen molar-refractivity contribution in [3.63, 3.8) is 0 Å². The summed E-state index contributed by atoms with van der Waals surface area (Å²) in [5, 5.41) is 3.01. The highest BCUT2D eigenvalue weighted by Crippen LogP contribution is 2.31. The summed E-state index contributed by atoms with van der Waals surface area (Å²) < 4.78 is 5.43. The summed E-state index contributed by atoms with van der Waals surface area (Å²) in [4.78, 5) is 31.1. The lowest BCUT2D eigenvalue weighted by Gasteiger charge is -2.11. The molecule has 1 heterocycles. The minimum atomic E-state index is -0.479. The maximum Gasteiger partial charge on any atom is 0.242 e. The number of benzene rings is 2. The first-order valence-electron chi connectivity index (χ1n) is 9.50. The van der Waals surface area contributed by atoms with Gasteiger partial charge in [-0.1, -0.05) is 29.5 Å². The Morgan fingerprint density at radius 2 is 1.93 bits per heavy atom. The molecule has 2 aromatic carbocycles. The molecule has 2 amide bonds. The van der Waals surface area contributed by atoms with Crippen molar-refractivity contribution < 1.29 is 14.3 Å². The van der Waals surface area contributed by atoms with E-state index in [0.29, 0.717) is 11.8 Å². The van der Waals surface area contributed by atoms with E-state index in [2.05, 4.69) is 10.3 Å². The van der Waals surface area contributed by atoms with Crippen LogP contribution in [-0.4, -0.2) is 40.8 Å². The van der Waals surface area contributed by atoms with Gasteiger partial charge in [0.2, 0.25) is 11.8 Å². The van der Waals surface area contributed by atoms with E-state index in [1.54, 1.807) is 7.05 Å². The number of anilines is 1. The smallest absolute Gasteiger partial charge is 0.242 e. The van der Waals surface area contributed by atoms with Gasteiger partial charge < -0.3 is 10.1 Å². The van der Waals surface area contributed by atoms with Crippen LogP contribution in [0.2, 0.25) is 0 Å². The molecule has 0 bridgehead atoms. The predicted molar refractivity (Wildman–Crippen MR) is 118 cm³/mol. The Hall–Kier alpha value is -2.80. The van der Waals surface area contributed by atoms with Crippen LogP contribution in [0, 0.1) is 13.8 Å². The summed E-state index contributed by atoms with van der Waals surface area (Å²) in [6.45, 7) is 6.49. The van der Waals surface area contributed by atoms with Gasteiger partial charge >= 0.3 is 0 Å². The largest absolute Gasteiger partial charge is 0.494 e. The van der Waals surface area contributed by atoms with Crippen LogP contribution in [-0.2, 0) is 9.59 Å². The maximum absolute atomic E-state index is 12.6. The van der Waals surface area contributed by atoms with E-state index in [0.717, 1.165) is 28.3 Å². The van der Waals surface area contributed by atoms with Gasteiger partial charge in [0.1, 0.15) is 11.0 Å².